The lowest BCUT2D eigenvalue weighted by atomic mass is 9.96. The maximum atomic E-state index is 8.79. The normalized spacial score (nSPS) is 11.3. The molecule has 76 valence electrons. The van der Waals surface area contributed by atoms with E-state index in [-0.39, 0.29) is 5.41 Å². The number of aromatic nitrogens is 2. The molecule has 0 fully saturated rings. The summed E-state index contributed by atoms with van der Waals surface area (Å²) in [5.41, 5.74) is 0.690. The van der Waals surface area contributed by atoms with E-state index in [0.29, 0.717) is 13.1 Å². The van der Waals surface area contributed by atoms with Gasteiger partial charge in [-0.1, -0.05) is 0 Å². The van der Waals surface area contributed by atoms with Gasteiger partial charge in [0.05, 0.1) is 17.2 Å². The van der Waals surface area contributed by atoms with E-state index in [0.717, 1.165) is 5.69 Å². The van der Waals surface area contributed by atoms with Crippen molar-refractivity contribution in [2.24, 2.45) is 12.5 Å². The zero-order valence-corrected chi connectivity index (χ0v) is 8.91. The van der Waals surface area contributed by atoms with Crippen molar-refractivity contribution in [2.45, 2.75) is 20.4 Å². The Hall–Kier alpha value is -1.34. The van der Waals surface area contributed by atoms with Crippen LogP contribution in [0.4, 0.5) is 0 Å². The third-order valence-electron chi connectivity index (χ3n) is 1.94. The zero-order valence-electron chi connectivity index (χ0n) is 8.91. The van der Waals surface area contributed by atoms with Crippen molar-refractivity contribution in [1.29, 1.82) is 5.26 Å². The van der Waals surface area contributed by atoms with E-state index in [1.54, 1.807) is 4.68 Å². The second-order valence-electron chi connectivity index (χ2n) is 4.08. The van der Waals surface area contributed by atoms with Gasteiger partial charge in [-0.2, -0.15) is 10.4 Å². The molecule has 0 aliphatic heterocycles. The van der Waals surface area contributed by atoms with E-state index in [2.05, 4.69) is 16.5 Å². The van der Waals surface area contributed by atoms with E-state index in [1.165, 1.54) is 0 Å². The predicted octanol–water partition coefficient (Wildman–Crippen LogP) is 1.06. The number of nitrogens with one attached hydrogen (secondary N) is 1. The monoisotopic (exact) mass is 192 g/mol. The van der Waals surface area contributed by atoms with Crippen molar-refractivity contribution < 1.29 is 0 Å². The summed E-state index contributed by atoms with van der Waals surface area (Å²) in [6, 6.07) is 4.21. The molecular weight excluding hydrogens is 176 g/mol. The largest absolute Gasteiger partial charge is 0.310 e. The number of hydrogen-bond donors (Lipinski definition) is 1. The summed E-state index contributed by atoms with van der Waals surface area (Å²) in [5, 5.41) is 16.2. The molecule has 4 nitrogen and oxygen atoms in total. The minimum Gasteiger partial charge on any atom is -0.310 e. The van der Waals surface area contributed by atoms with E-state index < -0.39 is 0 Å². The Bertz CT molecular complexity index is 332. The maximum Gasteiger partial charge on any atom is 0.0762 e. The molecule has 0 bridgehead atoms. The Kier molecular flexibility index (Phi) is 3.26. The van der Waals surface area contributed by atoms with Gasteiger partial charge in [0.25, 0.3) is 0 Å². The number of hydrogen-bond acceptors (Lipinski definition) is 3. The van der Waals surface area contributed by atoms with Gasteiger partial charge in [-0.3, -0.25) is 4.68 Å². The van der Waals surface area contributed by atoms with E-state index >= 15 is 0 Å². The Labute approximate surface area is 84.5 Å². The van der Waals surface area contributed by atoms with Crippen LogP contribution in [-0.2, 0) is 13.6 Å². The average Bonchev–Trinajstić information content (AvgIpc) is 2.51. The lowest BCUT2D eigenvalue weighted by Crippen LogP contribution is -2.27. The van der Waals surface area contributed by atoms with Gasteiger partial charge in [0, 0.05) is 26.3 Å². The molecular formula is C10H16N4. The highest BCUT2D eigenvalue weighted by Gasteiger charge is 2.15. The molecule has 0 saturated heterocycles. The summed E-state index contributed by atoms with van der Waals surface area (Å²) in [6.45, 7) is 5.23. The smallest absolute Gasteiger partial charge is 0.0762 e. The molecule has 0 atom stereocenters. The van der Waals surface area contributed by atoms with Crippen LogP contribution < -0.4 is 5.32 Å². The first kappa shape index (κ1) is 10.7. The van der Waals surface area contributed by atoms with Gasteiger partial charge in [-0.25, -0.2) is 0 Å². The molecule has 1 N–H and O–H groups in total. The predicted molar refractivity (Wildman–Crippen MR) is 54.3 cm³/mol. The van der Waals surface area contributed by atoms with E-state index in [9.17, 15) is 0 Å². The van der Waals surface area contributed by atoms with Gasteiger partial charge < -0.3 is 5.32 Å². The summed E-state index contributed by atoms with van der Waals surface area (Å²) >= 11 is 0. The first-order valence-electron chi connectivity index (χ1n) is 4.64. The van der Waals surface area contributed by atoms with Crippen LogP contribution in [0, 0.1) is 16.7 Å². The van der Waals surface area contributed by atoms with Crippen LogP contribution in [0.1, 0.15) is 19.5 Å². The maximum absolute atomic E-state index is 8.79. The Morgan fingerprint density at radius 2 is 2.36 bits per heavy atom. The molecule has 0 spiro atoms. The van der Waals surface area contributed by atoms with Crippen LogP contribution in [0.2, 0.25) is 0 Å². The van der Waals surface area contributed by atoms with Crippen molar-refractivity contribution in [2.75, 3.05) is 6.54 Å². The summed E-state index contributed by atoms with van der Waals surface area (Å²) in [5.74, 6) is 0. The van der Waals surface area contributed by atoms with Gasteiger partial charge in [-0.05, 0) is 19.9 Å². The molecule has 0 amide bonds. The first-order chi connectivity index (χ1) is 6.53. The van der Waals surface area contributed by atoms with E-state index in [1.807, 2.05) is 33.2 Å². The minimum atomic E-state index is -0.311. The van der Waals surface area contributed by atoms with Crippen molar-refractivity contribution in [3.63, 3.8) is 0 Å². The minimum absolute atomic E-state index is 0.311. The van der Waals surface area contributed by atoms with Gasteiger partial charge in [-0.15, -0.1) is 0 Å². The SMILES string of the molecule is Cn1ccc(CNCC(C)(C)C#N)n1. The third-order valence-corrected chi connectivity index (χ3v) is 1.94. The molecule has 1 heterocycles. The summed E-state index contributed by atoms with van der Waals surface area (Å²) < 4.78 is 1.77. The van der Waals surface area contributed by atoms with Crippen molar-refractivity contribution in [3.05, 3.63) is 18.0 Å². The molecule has 0 aliphatic carbocycles. The molecule has 0 aromatic carbocycles. The highest BCUT2D eigenvalue weighted by Crippen LogP contribution is 2.10. The number of aryl methyl sites for hydroxylation is 1. The number of rotatable bonds is 4. The van der Waals surface area contributed by atoms with Crippen LogP contribution in [0.5, 0.6) is 0 Å². The van der Waals surface area contributed by atoms with Crippen molar-refractivity contribution in [1.82, 2.24) is 15.1 Å². The number of nitriles is 1. The fourth-order valence-corrected chi connectivity index (χ4v) is 1.10. The fourth-order valence-electron chi connectivity index (χ4n) is 1.10. The lowest BCUT2D eigenvalue weighted by Gasteiger charge is -2.14. The molecule has 0 aliphatic rings. The van der Waals surface area contributed by atoms with Crippen molar-refractivity contribution in [3.8, 4) is 6.07 Å². The van der Waals surface area contributed by atoms with Crippen molar-refractivity contribution >= 4 is 0 Å². The summed E-state index contributed by atoms with van der Waals surface area (Å²) in [7, 11) is 1.89. The quantitative estimate of drug-likeness (QED) is 0.776. The highest BCUT2D eigenvalue weighted by molar-refractivity contribution is 4.99. The van der Waals surface area contributed by atoms with Gasteiger partial charge in [0.2, 0.25) is 0 Å². The molecule has 14 heavy (non-hydrogen) atoms. The molecule has 0 radical (unpaired) electrons. The van der Waals surface area contributed by atoms with Gasteiger partial charge in [0.1, 0.15) is 0 Å². The molecule has 1 rings (SSSR count). The topological polar surface area (TPSA) is 53.6 Å². The third kappa shape index (κ3) is 3.19. The Balaban J connectivity index is 2.33. The molecule has 1 aromatic heterocycles. The van der Waals surface area contributed by atoms with Gasteiger partial charge in [0.15, 0.2) is 0 Å². The van der Waals surface area contributed by atoms with Gasteiger partial charge >= 0.3 is 0 Å². The summed E-state index contributed by atoms with van der Waals surface area (Å²) in [6.07, 6.45) is 1.91. The van der Waals surface area contributed by atoms with Crippen LogP contribution in [0.3, 0.4) is 0 Å². The fraction of sp³-hybridized carbons (Fsp3) is 0.600. The number of nitrogens with zero attached hydrogens (tertiary/aromatic N) is 3. The molecule has 0 saturated carbocycles. The summed E-state index contributed by atoms with van der Waals surface area (Å²) in [4.78, 5) is 0. The molecule has 1 aromatic rings. The average molecular weight is 192 g/mol. The first-order valence-corrected chi connectivity index (χ1v) is 4.64. The highest BCUT2D eigenvalue weighted by atomic mass is 15.3. The van der Waals surface area contributed by atoms with E-state index in [4.69, 9.17) is 5.26 Å². The molecule has 0 unspecified atom stereocenters. The van der Waals surface area contributed by atoms with Crippen LogP contribution in [0.15, 0.2) is 12.3 Å². The lowest BCUT2D eigenvalue weighted by molar-refractivity contribution is 0.442. The second-order valence-corrected chi connectivity index (χ2v) is 4.08. The Morgan fingerprint density at radius 1 is 1.64 bits per heavy atom. The van der Waals surface area contributed by atoms with Crippen LogP contribution in [0.25, 0.3) is 0 Å². The van der Waals surface area contributed by atoms with Crippen LogP contribution >= 0.6 is 0 Å². The standard InChI is InChI=1S/C10H16N4/c1-10(2,7-11)8-12-6-9-4-5-14(3)13-9/h4-5,12H,6,8H2,1-3H3. The molecule has 4 heteroatoms. The second kappa shape index (κ2) is 4.25. The van der Waals surface area contributed by atoms with Crippen LogP contribution in [-0.4, -0.2) is 16.3 Å². The Morgan fingerprint density at radius 3 is 2.86 bits per heavy atom. The zero-order chi connectivity index (χ0) is 10.6.